The van der Waals surface area contributed by atoms with Crippen LogP contribution in [-0.2, 0) is 0 Å². The number of imidazole rings is 1. The smallest absolute Gasteiger partial charge is 0.323 e. The lowest BCUT2D eigenvalue weighted by atomic mass is 10.2. The summed E-state index contributed by atoms with van der Waals surface area (Å²) < 4.78 is 0. The quantitative estimate of drug-likeness (QED) is 0.479. The number of aromatic nitrogens is 4. The molecule has 1 aromatic carbocycles. The molecule has 0 aliphatic heterocycles. The van der Waals surface area contributed by atoms with Crippen molar-refractivity contribution >= 4 is 40.1 Å². The van der Waals surface area contributed by atoms with E-state index in [1.54, 1.807) is 0 Å². The molecule has 9 nitrogen and oxygen atoms in total. The predicted molar refractivity (Wildman–Crippen MR) is 79.0 cm³/mol. The van der Waals surface area contributed by atoms with Gasteiger partial charge in [-0.1, -0.05) is 11.6 Å². The fourth-order valence-corrected chi connectivity index (χ4v) is 2.26. The molecule has 0 radical (unpaired) electrons. The molecule has 6 N–H and O–H groups in total. The van der Waals surface area contributed by atoms with Crippen molar-refractivity contribution in [1.29, 1.82) is 0 Å². The van der Waals surface area contributed by atoms with Gasteiger partial charge in [-0.3, -0.25) is 14.7 Å². The fourth-order valence-electron chi connectivity index (χ4n) is 1.99. The molecule has 3 aromatic rings. The molecule has 0 atom stereocenters. The number of halogens is 1. The molecule has 0 fully saturated rings. The van der Waals surface area contributed by atoms with Crippen LogP contribution >= 0.6 is 11.6 Å². The first-order chi connectivity index (χ1) is 10.5. The number of amides is 2. The SMILES string of the molecule is NC(=O)c1[nH]ncc1NC(=O)c1cc(Cl)c2[nH]c(=O)[nH]c2c1. The minimum Gasteiger partial charge on any atom is -0.364 e. The van der Waals surface area contributed by atoms with Crippen LogP contribution in [0.15, 0.2) is 23.1 Å². The number of benzene rings is 1. The Balaban J connectivity index is 1.97. The maximum Gasteiger partial charge on any atom is 0.323 e. The third kappa shape index (κ3) is 2.33. The number of primary amides is 1. The van der Waals surface area contributed by atoms with Crippen LogP contribution in [0.3, 0.4) is 0 Å². The monoisotopic (exact) mass is 320 g/mol. The van der Waals surface area contributed by atoms with Crippen LogP contribution in [0.1, 0.15) is 20.8 Å². The molecule has 0 aliphatic rings. The van der Waals surface area contributed by atoms with E-state index in [1.165, 1.54) is 18.3 Å². The Kier molecular flexibility index (Phi) is 3.18. The zero-order valence-corrected chi connectivity index (χ0v) is 11.6. The van der Waals surface area contributed by atoms with Crippen LogP contribution in [0, 0.1) is 0 Å². The normalized spacial score (nSPS) is 10.8. The lowest BCUT2D eigenvalue weighted by Gasteiger charge is -2.05. The first kappa shape index (κ1) is 13.9. The number of nitrogens with zero attached hydrogens (tertiary/aromatic N) is 1. The zero-order chi connectivity index (χ0) is 15.9. The van der Waals surface area contributed by atoms with E-state index in [1.807, 2.05) is 0 Å². The Morgan fingerprint density at radius 1 is 1.27 bits per heavy atom. The van der Waals surface area contributed by atoms with Crippen molar-refractivity contribution in [3.05, 3.63) is 45.1 Å². The molecular formula is C12H9ClN6O3. The van der Waals surface area contributed by atoms with Gasteiger partial charge in [-0.15, -0.1) is 0 Å². The van der Waals surface area contributed by atoms with Gasteiger partial charge < -0.3 is 21.0 Å². The number of hydrogen-bond donors (Lipinski definition) is 5. The van der Waals surface area contributed by atoms with Gasteiger partial charge in [-0.05, 0) is 12.1 Å². The molecule has 0 saturated heterocycles. The van der Waals surface area contributed by atoms with Crippen molar-refractivity contribution in [2.75, 3.05) is 5.32 Å². The van der Waals surface area contributed by atoms with E-state index in [0.717, 1.165) is 0 Å². The summed E-state index contributed by atoms with van der Waals surface area (Å²) in [5.41, 5.74) is 5.85. The van der Waals surface area contributed by atoms with E-state index >= 15 is 0 Å². The Hall–Kier alpha value is -3.07. The molecule has 3 rings (SSSR count). The first-order valence-electron chi connectivity index (χ1n) is 6.02. The molecule has 112 valence electrons. The molecule has 2 aromatic heterocycles. The number of carbonyl (C=O) groups excluding carboxylic acids is 2. The summed E-state index contributed by atoms with van der Waals surface area (Å²) in [6.07, 6.45) is 1.26. The number of rotatable bonds is 3. The number of aromatic amines is 3. The van der Waals surface area contributed by atoms with Crippen LogP contribution in [0.2, 0.25) is 5.02 Å². The Labute approximate surface area is 126 Å². The van der Waals surface area contributed by atoms with Crippen LogP contribution in [0.5, 0.6) is 0 Å². The summed E-state index contributed by atoms with van der Waals surface area (Å²) in [7, 11) is 0. The molecule has 2 amide bonds. The van der Waals surface area contributed by atoms with Gasteiger partial charge >= 0.3 is 5.69 Å². The zero-order valence-electron chi connectivity index (χ0n) is 10.9. The molecule has 0 unspecified atom stereocenters. The summed E-state index contributed by atoms with van der Waals surface area (Å²) >= 11 is 6.02. The molecule has 0 aliphatic carbocycles. The van der Waals surface area contributed by atoms with E-state index in [9.17, 15) is 14.4 Å². The van der Waals surface area contributed by atoms with Crippen molar-refractivity contribution in [2.45, 2.75) is 0 Å². The third-order valence-corrected chi connectivity index (χ3v) is 3.27. The average molecular weight is 321 g/mol. The average Bonchev–Trinajstić information content (AvgIpc) is 3.04. The van der Waals surface area contributed by atoms with Gasteiger partial charge in [0, 0.05) is 5.56 Å². The topological polar surface area (TPSA) is 150 Å². The van der Waals surface area contributed by atoms with E-state index in [0.29, 0.717) is 11.0 Å². The summed E-state index contributed by atoms with van der Waals surface area (Å²) in [6.45, 7) is 0. The number of hydrogen-bond acceptors (Lipinski definition) is 4. The minimum atomic E-state index is -0.753. The highest BCUT2D eigenvalue weighted by atomic mass is 35.5. The number of nitrogens with two attached hydrogens (primary N) is 1. The Bertz CT molecular complexity index is 953. The molecular weight excluding hydrogens is 312 g/mol. The third-order valence-electron chi connectivity index (χ3n) is 2.97. The van der Waals surface area contributed by atoms with Gasteiger partial charge in [-0.25, -0.2) is 4.79 Å². The van der Waals surface area contributed by atoms with E-state index in [2.05, 4.69) is 25.5 Å². The van der Waals surface area contributed by atoms with Crippen LogP contribution in [-0.4, -0.2) is 32.0 Å². The van der Waals surface area contributed by atoms with Gasteiger partial charge in [0.25, 0.3) is 11.8 Å². The lowest BCUT2D eigenvalue weighted by Crippen LogP contribution is -2.17. The van der Waals surface area contributed by atoms with E-state index in [-0.39, 0.29) is 22.0 Å². The van der Waals surface area contributed by atoms with Gasteiger partial charge in [0.1, 0.15) is 5.69 Å². The largest absolute Gasteiger partial charge is 0.364 e. The highest BCUT2D eigenvalue weighted by molar-refractivity contribution is 6.35. The first-order valence-corrected chi connectivity index (χ1v) is 6.39. The second kappa shape index (κ2) is 5.04. The van der Waals surface area contributed by atoms with E-state index < -0.39 is 17.5 Å². The van der Waals surface area contributed by atoms with Crippen molar-refractivity contribution in [3.8, 4) is 0 Å². The molecule has 22 heavy (non-hydrogen) atoms. The Morgan fingerprint density at radius 3 is 2.77 bits per heavy atom. The predicted octanol–water partition coefficient (Wildman–Crippen LogP) is 0.584. The van der Waals surface area contributed by atoms with Crippen molar-refractivity contribution in [1.82, 2.24) is 20.2 Å². The summed E-state index contributed by atoms with van der Waals surface area (Å²) in [4.78, 5) is 39.7. The van der Waals surface area contributed by atoms with Crippen molar-refractivity contribution < 1.29 is 9.59 Å². The molecule has 0 saturated carbocycles. The minimum absolute atomic E-state index is 0.0180. The second-order valence-corrected chi connectivity index (χ2v) is 4.84. The number of fused-ring (bicyclic) bond motifs is 1. The standard InChI is InChI=1S/C12H9ClN6O3/c13-5-1-4(2-6-8(5)18-12(22)17-6)11(21)16-7-3-15-19-9(7)10(14)20/h1-3H,(H2,14,20)(H,15,19)(H,16,21)(H2,17,18,22). The number of H-pyrrole nitrogens is 3. The van der Waals surface area contributed by atoms with Gasteiger partial charge in [-0.2, -0.15) is 5.10 Å². The summed E-state index contributed by atoms with van der Waals surface area (Å²) in [6, 6.07) is 2.85. The van der Waals surface area contributed by atoms with E-state index in [4.69, 9.17) is 17.3 Å². The number of anilines is 1. The second-order valence-electron chi connectivity index (χ2n) is 4.44. The molecule has 0 bridgehead atoms. The molecule has 2 heterocycles. The maximum absolute atomic E-state index is 12.2. The maximum atomic E-state index is 12.2. The summed E-state index contributed by atoms with van der Waals surface area (Å²) in [5.74, 6) is -1.29. The van der Waals surface area contributed by atoms with Crippen molar-refractivity contribution in [3.63, 3.8) is 0 Å². The molecule has 10 heteroatoms. The molecule has 0 spiro atoms. The summed E-state index contributed by atoms with van der Waals surface area (Å²) in [5, 5.41) is 8.73. The lowest BCUT2D eigenvalue weighted by molar-refractivity contribution is 0.0996. The number of nitrogens with one attached hydrogen (secondary N) is 4. The van der Waals surface area contributed by atoms with Crippen LogP contribution in [0.4, 0.5) is 5.69 Å². The highest BCUT2D eigenvalue weighted by Crippen LogP contribution is 2.22. The van der Waals surface area contributed by atoms with Crippen molar-refractivity contribution in [2.24, 2.45) is 5.73 Å². The van der Waals surface area contributed by atoms with Gasteiger partial charge in [0.15, 0.2) is 0 Å². The number of carbonyl (C=O) groups is 2. The van der Waals surface area contributed by atoms with Crippen LogP contribution < -0.4 is 16.7 Å². The highest BCUT2D eigenvalue weighted by Gasteiger charge is 2.16. The van der Waals surface area contributed by atoms with Crippen LogP contribution in [0.25, 0.3) is 11.0 Å². The van der Waals surface area contributed by atoms with Gasteiger partial charge in [0.05, 0.1) is 27.9 Å². The fraction of sp³-hybridized carbons (Fsp3) is 0. The van der Waals surface area contributed by atoms with Gasteiger partial charge in [0.2, 0.25) is 0 Å². The Morgan fingerprint density at radius 2 is 2.05 bits per heavy atom.